The van der Waals surface area contributed by atoms with Crippen molar-refractivity contribution in [3.63, 3.8) is 0 Å². The molecule has 0 unspecified atom stereocenters. The molecule has 132 valence electrons. The normalized spacial score (nSPS) is 11.9. The first kappa shape index (κ1) is 16.6. The average molecular weight is 388 g/mol. The van der Waals surface area contributed by atoms with Gasteiger partial charge in [-0.3, -0.25) is 4.79 Å². The second-order valence-electron chi connectivity index (χ2n) is 5.80. The van der Waals surface area contributed by atoms with Crippen LogP contribution in [0, 0.1) is 0 Å². The lowest BCUT2D eigenvalue weighted by Crippen LogP contribution is -2.42. The van der Waals surface area contributed by atoms with Gasteiger partial charge in [0.15, 0.2) is 11.3 Å². The fraction of sp³-hybridized carbons (Fsp3) is 0.125. The molecule has 0 bridgehead atoms. The first-order valence-electron chi connectivity index (χ1n) is 7.59. The highest BCUT2D eigenvalue weighted by Gasteiger charge is 2.22. The SMILES string of the molecule is CC(=O)Nc1nc2ccc(-c3cc4c[nH]cc4[n+](S(C)(=O)=O)c3)nc2s1. The Balaban J connectivity index is 1.88. The maximum Gasteiger partial charge on any atom is 0.367 e. The van der Waals surface area contributed by atoms with Gasteiger partial charge in [0.05, 0.1) is 29.1 Å². The van der Waals surface area contributed by atoms with Crippen LogP contribution in [0.2, 0.25) is 0 Å². The smallest absolute Gasteiger partial charge is 0.361 e. The number of rotatable bonds is 3. The number of hydrogen-bond acceptors (Lipinski definition) is 6. The van der Waals surface area contributed by atoms with E-state index in [0.717, 1.165) is 11.6 Å². The van der Waals surface area contributed by atoms with Gasteiger partial charge in [-0.1, -0.05) is 15.3 Å². The molecule has 4 heterocycles. The van der Waals surface area contributed by atoms with E-state index in [0.29, 0.717) is 32.3 Å². The molecule has 0 saturated heterocycles. The Hall–Kier alpha value is -2.85. The largest absolute Gasteiger partial charge is 0.367 e. The molecule has 0 atom stereocenters. The molecule has 0 aliphatic rings. The lowest BCUT2D eigenvalue weighted by atomic mass is 10.1. The summed E-state index contributed by atoms with van der Waals surface area (Å²) in [6.07, 6.45) is 6.08. The van der Waals surface area contributed by atoms with Crippen molar-refractivity contribution in [2.24, 2.45) is 0 Å². The predicted molar refractivity (Wildman–Crippen MR) is 99.4 cm³/mol. The molecule has 26 heavy (non-hydrogen) atoms. The van der Waals surface area contributed by atoms with Crippen molar-refractivity contribution >= 4 is 53.6 Å². The Kier molecular flexibility index (Phi) is 3.74. The lowest BCUT2D eigenvalue weighted by molar-refractivity contribution is -0.479. The molecule has 8 nitrogen and oxygen atoms in total. The number of carbonyl (C=O) groups excluding carboxylic acids is 1. The molecular weight excluding hydrogens is 374 g/mol. The predicted octanol–water partition coefficient (Wildman–Crippen LogP) is 1.89. The van der Waals surface area contributed by atoms with Gasteiger partial charge in [0.25, 0.3) is 0 Å². The number of aromatic nitrogens is 4. The third-order valence-corrected chi connectivity index (χ3v) is 5.65. The lowest BCUT2D eigenvalue weighted by Gasteiger charge is -2.01. The van der Waals surface area contributed by atoms with Crippen molar-refractivity contribution in [3.8, 4) is 11.3 Å². The van der Waals surface area contributed by atoms with Crippen molar-refractivity contribution in [2.75, 3.05) is 11.6 Å². The van der Waals surface area contributed by atoms with Gasteiger partial charge in [-0.15, -0.1) is 0 Å². The highest BCUT2D eigenvalue weighted by molar-refractivity contribution is 7.84. The van der Waals surface area contributed by atoms with E-state index in [-0.39, 0.29) is 5.91 Å². The number of amides is 1. The number of fused-ring (bicyclic) bond motifs is 2. The molecule has 0 aliphatic carbocycles. The third kappa shape index (κ3) is 2.93. The van der Waals surface area contributed by atoms with Gasteiger partial charge in [0, 0.05) is 13.1 Å². The minimum atomic E-state index is -3.47. The van der Waals surface area contributed by atoms with Crippen LogP contribution in [0.5, 0.6) is 0 Å². The molecular formula is C16H14N5O3S2+. The van der Waals surface area contributed by atoms with Crippen molar-refractivity contribution in [3.05, 3.63) is 36.8 Å². The number of nitrogens with one attached hydrogen (secondary N) is 2. The van der Waals surface area contributed by atoms with Crippen LogP contribution >= 0.6 is 11.3 Å². The molecule has 0 aliphatic heterocycles. The summed E-state index contributed by atoms with van der Waals surface area (Å²) in [6.45, 7) is 1.42. The minimum absolute atomic E-state index is 0.198. The third-order valence-electron chi connectivity index (χ3n) is 3.75. The highest BCUT2D eigenvalue weighted by atomic mass is 32.2. The number of aromatic amines is 1. The Labute approximate surface area is 152 Å². The summed E-state index contributed by atoms with van der Waals surface area (Å²) in [4.78, 5) is 23.6. The van der Waals surface area contributed by atoms with Crippen LogP contribution in [-0.4, -0.2) is 35.5 Å². The molecule has 4 aromatic rings. The molecule has 0 fully saturated rings. The number of H-pyrrole nitrogens is 1. The summed E-state index contributed by atoms with van der Waals surface area (Å²) in [6, 6.07) is 5.45. The maximum atomic E-state index is 12.1. The number of anilines is 1. The zero-order chi connectivity index (χ0) is 18.5. The average Bonchev–Trinajstić information content (AvgIpc) is 3.16. The van der Waals surface area contributed by atoms with Crippen LogP contribution in [0.1, 0.15) is 6.92 Å². The first-order valence-corrected chi connectivity index (χ1v) is 10.3. The topological polar surface area (TPSA) is 109 Å². The monoisotopic (exact) mass is 388 g/mol. The molecule has 10 heteroatoms. The van der Waals surface area contributed by atoms with Crippen LogP contribution in [0.15, 0.2) is 36.8 Å². The van der Waals surface area contributed by atoms with Crippen molar-refractivity contribution < 1.29 is 17.2 Å². The summed E-state index contributed by atoms with van der Waals surface area (Å²) in [5, 5.41) is 3.88. The molecule has 1 amide bonds. The number of pyridine rings is 2. The van der Waals surface area contributed by atoms with Gasteiger partial charge >= 0.3 is 10.0 Å². The number of carbonyl (C=O) groups is 1. The maximum absolute atomic E-state index is 12.1. The standard InChI is InChI=1S/C16H13N5O3S2/c1-9(22)18-16-20-13-4-3-12(19-15(13)25-16)11-5-10-6-17-7-14(10)21(8-11)26(2,23)24/h3-8H,1-2H3,(H,18,20,22)/p+1. The summed E-state index contributed by atoms with van der Waals surface area (Å²) in [5.41, 5.74) is 2.53. The minimum Gasteiger partial charge on any atom is -0.361 e. The second kappa shape index (κ2) is 5.85. The van der Waals surface area contributed by atoms with Gasteiger partial charge in [0.1, 0.15) is 10.3 Å². The first-order chi connectivity index (χ1) is 12.3. The molecule has 4 aromatic heterocycles. The Morgan fingerprint density at radius 1 is 1.27 bits per heavy atom. The Bertz CT molecular complexity index is 1270. The van der Waals surface area contributed by atoms with Crippen molar-refractivity contribution in [1.82, 2.24) is 15.0 Å². The van der Waals surface area contributed by atoms with Crippen LogP contribution in [-0.2, 0) is 14.8 Å². The van der Waals surface area contributed by atoms with E-state index in [2.05, 4.69) is 20.3 Å². The van der Waals surface area contributed by atoms with E-state index in [1.807, 2.05) is 6.07 Å². The second-order valence-corrected chi connectivity index (χ2v) is 8.64. The van der Waals surface area contributed by atoms with E-state index in [9.17, 15) is 13.2 Å². The molecule has 0 saturated carbocycles. The van der Waals surface area contributed by atoms with Crippen LogP contribution in [0.3, 0.4) is 0 Å². The molecule has 4 rings (SSSR count). The fourth-order valence-electron chi connectivity index (χ4n) is 2.67. The molecule has 0 spiro atoms. The molecule has 2 N–H and O–H groups in total. The molecule has 0 radical (unpaired) electrons. The van der Waals surface area contributed by atoms with Crippen LogP contribution in [0.4, 0.5) is 5.13 Å². The highest BCUT2D eigenvalue weighted by Crippen LogP contribution is 2.28. The number of hydrogen-bond donors (Lipinski definition) is 2. The molecule has 0 aromatic carbocycles. The summed E-state index contributed by atoms with van der Waals surface area (Å²) >= 11 is 1.26. The van der Waals surface area contributed by atoms with Crippen molar-refractivity contribution in [2.45, 2.75) is 6.92 Å². The van der Waals surface area contributed by atoms with Crippen LogP contribution in [0.25, 0.3) is 32.5 Å². The van der Waals surface area contributed by atoms with Gasteiger partial charge in [-0.2, -0.15) is 8.42 Å². The Morgan fingerprint density at radius 2 is 2.08 bits per heavy atom. The van der Waals surface area contributed by atoms with Crippen molar-refractivity contribution in [1.29, 1.82) is 0 Å². The van der Waals surface area contributed by atoms with Gasteiger partial charge < -0.3 is 10.3 Å². The summed E-state index contributed by atoms with van der Waals surface area (Å²) in [5.74, 6) is -0.198. The fourth-order valence-corrected chi connectivity index (χ4v) is 4.38. The summed E-state index contributed by atoms with van der Waals surface area (Å²) < 4.78 is 25.5. The quantitative estimate of drug-likeness (QED) is 0.521. The van der Waals surface area contributed by atoms with Gasteiger partial charge in [-0.25, -0.2) is 9.97 Å². The van der Waals surface area contributed by atoms with E-state index >= 15 is 0 Å². The zero-order valence-electron chi connectivity index (χ0n) is 13.8. The van der Waals surface area contributed by atoms with Gasteiger partial charge in [-0.05, 0) is 18.2 Å². The Morgan fingerprint density at radius 3 is 2.81 bits per heavy atom. The van der Waals surface area contributed by atoms with Crippen LogP contribution < -0.4 is 9.29 Å². The van der Waals surface area contributed by atoms with E-state index in [4.69, 9.17) is 0 Å². The number of nitrogens with zero attached hydrogens (tertiary/aromatic N) is 3. The van der Waals surface area contributed by atoms with Gasteiger partial charge in [0.2, 0.25) is 11.4 Å². The zero-order valence-corrected chi connectivity index (χ0v) is 15.5. The number of thiazole rings is 1. The van der Waals surface area contributed by atoms with E-state index in [1.54, 1.807) is 30.7 Å². The van der Waals surface area contributed by atoms with E-state index < -0.39 is 10.0 Å². The van der Waals surface area contributed by atoms with E-state index in [1.165, 1.54) is 22.2 Å². The summed E-state index contributed by atoms with van der Waals surface area (Å²) in [7, 11) is -3.47.